The monoisotopic (exact) mass is 441 g/mol. The number of imidazole rings is 1. The zero-order chi connectivity index (χ0) is 23.4. The lowest BCUT2D eigenvalue weighted by atomic mass is 10.1. The maximum absolute atomic E-state index is 12.9. The highest BCUT2D eigenvalue weighted by Gasteiger charge is 2.31. The van der Waals surface area contributed by atoms with Crippen LogP contribution >= 0.6 is 0 Å². The largest absolute Gasteiger partial charge is 0.480 e. The van der Waals surface area contributed by atoms with E-state index in [0.717, 1.165) is 0 Å². The molecule has 0 fully saturated rings. The summed E-state index contributed by atoms with van der Waals surface area (Å²) in [6, 6.07) is -3.69. The van der Waals surface area contributed by atoms with Gasteiger partial charge in [0.25, 0.3) is 0 Å². The maximum Gasteiger partial charge on any atom is 0.328 e. The summed E-state index contributed by atoms with van der Waals surface area (Å²) in [5.74, 6) is -3.41. The van der Waals surface area contributed by atoms with Crippen molar-refractivity contribution < 1.29 is 29.4 Å². The third-order valence-corrected chi connectivity index (χ3v) is 4.44. The minimum Gasteiger partial charge on any atom is -0.480 e. The highest BCUT2D eigenvalue weighted by Crippen LogP contribution is 2.05. The molecule has 0 saturated heterocycles. The summed E-state index contributed by atoms with van der Waals surface area (Å²) in [6.45, 7) is 1.27. The normalized spacial score (nSPS) is 14.7. The summed E-state index contributed by atoms with van der Waals surface area (Å²) >= 11 is 0. The molecule has 13 heteroatoms. The molecule has 174 valence electrons. The summed E-state index contributed by atoms with van der Waals surface area (Å²) in [5, 5.41) is 26.0. The maximum atomic E-state index is 12.9. The number of carbonyl (C=O) groups is 4. The van der Waals surface area contributed by atoms with Crippen LogP contribution in [0.2, 0.25) is 0 Å². The van der Waals surface area contributed by atoms with Gasteiger partial charge < -0.3 is 42.6 Å². The van der Waals surface area contributed by atoms with E-state index in [1.807, 2.05) is 0 Å². The first-order valence-electron chi connectivity index (χ1n) is 9.87. The predicted octanol–water partition coefficient (Wildman–Crippen LogP) is -3.04. The van der Waals surface area contributed by atoms with Crippen LogP contribution in [0.4, 0.5) is 0 Å². The number of unbranched alkanes of at least 4 members (excludes halogenated alkanes) is 1. The third kappa shape index (κ3) is 9.11. The van der Waals surface area contributed by atoms with E-state index < -0.39 is 47.9 Å². The van der Waals surface area contributed by atoms with Gasteiger partial charge >= 0.3 is 5.97 Å². The summed E-state index contributed by atoms with van der Waals surface area (Å²) in [4.78, 5) is 55.2. The molecule has 0 saturated carbocycles. The molecule has 4 atom stereocenters. The van der Waals surface area contributed by atoms with Crippen LogP contribution in [0.15, 0.2) is 12.5 Å². The fourth-order valence-electron chi connectivity index (χ4n) is 2.76. The average molecular weight is 441 g/mol. The van der Waals surface area contributed by atoms with Crippen molar-refractivity contribution in [1.82, 2.24) is 25.9 Å². The van der Waals surface area contributed by atoms with Gasteiger partial charge in [0.05, 0.1) is 19.0 Å². The molecular weight excluding hydrogens is 410 g/mol. The fourth-order valence-corrected chi connectivity index (χ4v) is 2.76. The van der Waals surface area contributed by atoms with Crippen molar-refractivity contribution in [3.63, 3.8) is 0 Å². The fraction of sp³-hybridized carbons (Fsp3) is 0.611. The third-order valence-electron chi connectivity index (χ3n) is 4.44. The Labute approximate surface area is 179 Å². The number of aliphatic carboxylic acids is 1. The molecule has 1 aromatic rings. The van der Waals surface area contributed by atoms with Crippen molar-refractivity contribution in [2.45, 2.75) is 56.8 Å². The van der Waals surface area contributed by atoms with Crippen LogP contribution in [0.25, 0.3) is 0 Å². The Kier molecular flexibility index (Phi) is 11.2. The number of carboxylic acids is 1. The van der Waals surface area contributed by atoms with Crippen LogP contribution in [0, 0.1) is 0 Å². The van der Waals surface area contributed by atoms with Crippen molar-refractivity contribution in [1.29, 1.82) is 0 Å². The predicted molar refractivity (Wildman–Crippen MR) is 109 cm³/mol. The van der Waals surface area contributed by atoms with E-state index >= 15 is 0 Å². The molecule has 0 aromatic carbocycles. The summed E-state index contributed by atoms with van der Waals surface area (Å²) in [5.41, 5.74) is 11.4. The van der Waals surface area contributed by atoms with Gasteiger partial charge in [-0.25, -0.2) is 9.78 Å². The first-order valence-corrected chi connectivity index (χ1v) is 9.87. The highest BCUT2D eigenvalue weighted by atomic mass is 16.4. The quantitative estimate of drug-likeness (QED) is 0.137. The van der Waals surface area contributed by atoms with Crippen molar-refractivity contribution in [2.24, 2.45) is 11.5 Å². The van der Waals surface area contributed by atoms with E-state index in [9.17, 15) is 29.4 Å². The Bertz CT molecular complexity index is 725. The molecule has 0 aliphatic heterocycles. The van der Waals surface area contributed by atoms with Crippen molar-refractivity contribution in [2.75, 3.05) is 13.1 Å². The van der Waals surface area contributed by atoms with E-state index in [0.29, 0.717) is 25.1 Å². The Morgan fingerprint density at radius 3 is 2.29 bits per heavy atom. The van der Waals surface area contributed by atoms with Crippen LogP contribution in [0.3, 0.4) is 0 Å². The van der Waals surface area contributed by atoms with E-state index in [4.69, 9.17) is 11.5 Å². The molecule has 1 aromatic heterocycles. The van der Waals surface area contributed by atoms with E-state index in [1.54, 1.807) is 0 Å². The average Bonchev–Trinajstić information content (AvgIpc) is 3.23. The Balaban J connectivity index is 2.96. The molecule has 13 nitrogen and oxygen atoms in total. The lowest BCUT2D eigenvalue weighted by Gasteiger charge is -2.25. The standard InChI is InChI=1S/C18H31N7O6/c1-10(26)15(18(30)31)25-16(28)12(4-2-3-5-19)24-17(29)13(23-14(27)7-20)6-11-8-21-9-22-11/h8-10,12-13,15,26H,2-7,19-20H2,1H3,(H,21,22)(H,23,27)(H,24,29)(H,25,28)(H,30,31). The molecule has 1 heterocycles. The number of H-pyrrole nitrogens is 1. The number of aromatic nitrogens is 2. The minimum atomic E-state index is -1.54. The zero-order valence-electron chi connectivity index (χ0n) is 17.3. The van der Waals surface area contributed by atoms with Crippen LogP contribution in [-0.4, -0.2) is 81.2 Å². The second-order valence-electron chi connectivity index (χ2n) is 7.02. The second-order valence-corrected chi connectivity index (χ2v) is 7.02. The molecule has 0 spiro atoms. The van der Waals surface area contributed by atoms with Gasteiger partial charge in [0.1, 0.15) is 12.1 Å². The molecule has 0 bridgehead atoms. The van der Waals surface area contributed by atoms with Crippen LogP contribution in [0.1, 0.15) is 31.9 Å². The number of hydrogen-bond acceptors (Lipinski definition) is 8. The summed E-state index contributed by atoms with van der Waals surface area (Å²) < 4.78 is 0. The van der Waals surface area contributed by atoms with Gasteiger partial charge in [-0.05, 0) is 32.7 Å². The SMILES string of the molecule is CC(O)C(NC(=O)C(CCCCN)NC(=O)C(Cc1cnc[nH]1)NC(=O)CN)C(=O)O. The van der Waals surface area contributed by atoms with Crippen LogP contribution in [0.5, 0.6) is 0 Å². The number of aliphatic hydroxyl groups is 1. The number of nitrogens with two attached hydrogens (primary N) is 2. The molecule has 0 radical (unpaired) electrons. The number of nitrogens with one attached hydrogen (secondary N) is 4. The molecule has 1 rings (SSSR count). The number of carbonyl (C=O) groups excluding carboxylic acids is 3. The zero-order valence-corrected chi connectivity index (χ0v) is 17.3. The first kappa shape index (κ1) is 26.0. The minimum absolute atomic E-state index is 0.0696. The number of hydrogen-bond donors (Lipinski definition) is 8. The van der Waals surface area contributed by atoms with Gasteiger partial charge in [-0.1, -0.05) is 0 Å². The molecular formula is C18H31N7O6. The topological polar surface area (TPSA) is 226 Å². The lowest BCUT2D eigenvalue weighted by Crippen LogP contribution is -2.58. The smallest absolute Gasteiger partial charge is 0.328 e. The Morgan fingerprint density at radius 2 is 1.77 bits per heavy atom. The highest BCUT2D eigenvalue weighted by molar-refractivity contribution is 5.93. The lowest BCUT2D eigenvalue weighted by molar-refractivity contribution is -0.145. The number of aromatic amines is 1. The van der Waals surface area contributed by atoms with Gasteiger partial charge in [-0.15, -0.1) is 0 Å². The summed E-state index contributed by atoms with van der Waals surface area (Å²) in [7, 11) is 0. The number of amides is 3. The number of nitrogens with zero attached hydrogens (tertiary/aromatic N) is 1. The van der Waals surface area contributed by atoms with Crippen molar-refractivity contribution >= 4 is 23.7 Å². The Hall–Kier alpha value is -3.03. The Morgan fingerprint density at radius 1 is 1.10 bits per heavy atom. The second kappa shape index (κ2) is 13.3. The van der Waals surface area contributed by atoms with Crippen LogP contribution in [-0.2, 0) is 25.6 Å². The molecule has 31 heavy (non-hydrogen) atoms. The number of rotatable bonds is 14. The summed E-state index contributed by atoms with van der Waals surface area (Å²) in [6.07, 6.45) is 2.88. The van der Waals surface area contributed by atoms with E-state index in [1.165, 1.54) is 19.4 Å². The molecule has 3 amide bonds. The van der Waals surface area contributed by atoms with Crippen LogP contribution < -0.4 is 27.4 Å². The van der Waals surface area contributed by atoms with Gasteiger partial charge in [0, 0.05) is 18.3 Å². The van der Waals surface area contributed by atoms with Gasteiger partial charge in [-0.3, -0.25) is 14.4 Å². The van der Waals surface area contributed by atoms with Crippen molar-refractivity contribution in [3.05, 3.63) is 18.2 Å². The molecule has 4 unspecified atom stereocenters. The molecule has 10 N–H and O–H groups in total. The van der Waals surface area contributed by atoms with Gasteiger partial charge in [0.2, 0.25) is 17.7 Å². The van der Waals surface area contributed by atoms with Crippen molar-refractivity contribution in [3.8, 4) is 0 Å². The number of carboxylic acid groups (broad SMARTS) is 1. The van der Waals surface area contributed by atoms with Gasteiger partial charge in [-0.2, -0.15) is 0 Å². The number of aliphatic hydroxyl groups excluding tert-OH is 1. The first-order chi connectivity index (χ1) is 14.7. The van der Waals surface area contributed by atoms with E-state index in [2.05, 4.69) is 25.9 Å². The van der Waals surface area contributed by atoms with E-state index in [-0.39, 0.29) is 19.4 Å². The van der Waals surface area contributed by atoms with Gasteiger partial charge in [0.15, 0.2) is 6.04 Å². The molecule has 0 aliphatic carbocycles. The molecule has 0 aliphatic rings.